The summed E-state index contributed by atoms with van der Waals surface area (Å²) in [5.74, 6) is 0. The van der Waals surface area contributed by atoms with Crippen LogP contribution in [0.2, 0.25) is 0 Å². The molecule has 0 fully saturated rings. The Morgan fingerprint density at radius 3 is 2.67 bits per heavy atom. The van der Waals surface area contributed by atoms with E-state index in [1.807, 2.05) is 25.4 Å². The van der Waals surface area contributed by atoms with E-state index < -0.39 is 0 Å². The molecule has 0 saturated carbocycles. The molecule has 2 aromatic heterocycles. The SMILES string of the molecule is CCn1ccn(Cc2csc(C)n2)c1=O. The second-order valence-electron chi connectivity index (χ2n) is 3.35. The number of nitrogens with zero attached hydrogens (tertiary/aromatic N) is 3. The van der Waals surface area contributed by atoms with Crippen molar-refractivity contribution in [1.82, 2.24) is 14.1 Å². The average molecular weight is 223 g/mol. The van der Waals surface area contributed by atoms with Gasteiger partial charge in [-0.2, -0.15) is 0 Å². The maximum absolute atomic E-state index is 11.7. The lowest BCUT2D eigenvalue weighted by atomic mass is 10.5. The Hall–Kier alpha value is -1.36. The van der Waals surface area contributed by atoms with Gasteiger partial charge in [-0.15, -0.1) is 11.3 Å². The van der Waals surface area contributed by atoms with E-state index in [0.29, 0.717) is 13.1 Å². The molecule has 2 aromatic rings. The highest BCUT2D eigenvalue weighted by Crippen LogP contribution is 2.08. The molecule has 4 nitrogen and oxygen atoms in total. The van der Waals surface area contributed by atoms with Gasteiger partial charge in [0.15, 0.2) is 0 Å². The molecular formula is C10H13N3OS. The quantitative estimate of drug-likeness (QED) is 0.790. The van der Waals surface area contributed by atoms with Crippen molar-refractivity contribution in [1.29, 1.82) is 0 Å². The number of aryl methyl sites for hydroxylation is 2. The van der Waals surface area contributed by atoms with Crippen LogP contribution < -0.4 is 5.69 Å². The molecule has 0 aromatic carbocycles. The molecule has 0 unspecified atom stereocenters. The van der Waals surface area contributed by atoms with Gasteiger partial charge in [0.2, 0.25) is 0 Å². The van der Waals surface area contributed by atoms with Gasteiger partial charge in [0.1, 0.15) is 0 Å². The highest BCUT2D eigenvalue weighted by atomic mass is 32.1. The van der Waals surface area contributed by atoms with Crippen LogP contribution in [0.3, 0.4) is 0 Å². The fraction of sp³-hybridized carbons (Fsp3) is 0.400. The zero-order valence-corrected chi connectivity index (χ0v) is 9.62. The van der Waals surface area contributed by atoms with Gasteiger partial charge >= 0.3 is 5.69 Å². The Bertz CT molecular complexity index is 509. The first-order valence-electron chi connectivity index (χ1n) is 4.87. The number of imidazole rings is 1. The lowest BCUT2D eigenvalue weighted by Gasteiger charge is -1.97. The third kappa shape index (κ3) is 2.02. The summed E-state index contributed by atoms with van der Waals surface area (Å²) in [4.78, 5) is 16.0. The summed E-state index contributed by atoms with van der Waals surface area (Å²) in [6, 6.07) is 0. The van der Waals surface area contributed by atoms with Crippen molar-refractivity contribution in [2.75, 3.05) is 0 Å². The van der Waals surface area contributed by atoms with Crippen LogP contribution in [0.4, 0.5) is 0 Å². The smallest absolute Gasteiger partial charge is 0.300 e. The zero-order chi connectivity index (χ0) is 10.8. The molecule has 0 radical (unpaired) electrons. The summed E-state index contributed by atoms with van der Waals surface area (Å²) >= 11 is 1.61. The predicted molar refractivity (Wildman–Crippen MR) is 60.3 cm³/mol. The minimum Gasteiger partial charge on any atom is -0.300 e. The van der Waals surface area contributed by atoms with Crippen LogP contribution in [0.25, 0.3) is 0 Å². The van der Waals surface area contributed by atoms with Gasteiger partial charge in [-0.25, -0.2) is 9.78 Å². The number of thiazole rings is 1. The highest BCUT2D eigenvalue weighted by Gasteiger charge is 2.04. The van der Waals surface area contributed by atoms with Crippen LogP contribution in [0.1, 0.15) is 17.6 Å². The summed E-state index contributed by atoms with van der Waals surface area (Å²) in [7, 11) is 0. The van der Waals surface area contributed by atoms with E-state index in [1.54, 1.807) is 26.7 Å². The first-order chi connectivity index (χ1) is 7.20. The van der Waals surface area contributed by atoms with E-state index in [9.17, 15) is 4.79 Å². The van der Waals surface area contributed by atoms with Gasteiger partial charge in [0.05, 0.1) is 17.2 Å². The van der Waals surface area contributed by atoms with Gasteiger partial charge < -0.3 is 0 Å². The molecule has 0 bridgehead atoms. The molecule has 0 aliphatic carbocycles. The van der Waals surface area contributed by atoms with Crippen LogP contribution in [-0.2, 0) is 13.1 Å². The van der Waals surface area contributed by atoms with Crippen molar-refractivity contribution in [2.24, 2.45) is 0 Å². The molecule has 2 heterocycles. The molecule has 80 valence electrons. The van der Waals surface area contributed by atoms with Crippen molar-refractivity contribution in [3.63, 3.8) is 0 Å². The summed E-state index contributed by atoms with van der Waals surface area (Å²) in [6.45, 7) is 5.20. The Morgan fingerprint density at radius 2 is 2.13 bits per heavy atom. The van der Waals surface area contributed by atoms with Crippen molar-refractivity contribution in [3.05, 3.63) is 39.0 Å². The highest BCUT2D eigenvalue weighted by molar-refractivity contribution is 7.09. The largest absolute Gasteiger partial charge is 0.328 e. The number of hydrogen-bond donors (Lipinski definition) is 0. The van der Waals surface area contributed by atoms with Gasteiger partial charge in [-0.3, -0.25) is 9.13 Å². The number of hydrogen-bond acceptors (Lipinski definition) is 3. The lowest BCUT2D eigenvalue weighted by Crippen LogP contribution is -2.23. The second kappa shape index (κ2) is 4.02. The fourth-order valence-electron chi connectivity index (χ4n) is 1.47. The van der Waals surface area contributed by atoms with Gasteiger partial charge in [0, 0.05) is 24.3 Å². The zero-order valence-electron chi connectivity index (χ0n) is 8.80. The minimum absolute atomic E-state index is 0.0307. The molecule has 0 N–H and O–H groups in total. The molecule has 15 heavy (non-hydrogen) atoms. The molecule has 0 atom stereocenters. The summed E-state index contributed by atoms with van der Waals surface area (Å²) < 4.78 is 3.36. The van der Waals surface area contributed by atoms with Gasteiger partial charge in [0.25, 0.3) is 0 Å². The lowest BCUT2D eigenvalue weighted by molar-refractivity contribution is 0.663. The third-order valence-electron chi connectivity index (χ3n) is 2.26. The molecule has 5 heteroatoms. The molecule has 0 spiro atoms. The number of aromatic nitrogens is 3. The normalized spacial score (nSPS) is 10.8. The molecule has 0 aliphatic heterocycles. The fourth-order valence-corrected chi connectivity index (χ4v) is 2.07. The van der Waals surface area contributed by atoms with Crippen LogP contribution in [0, 0.1) is 6.92 Å². The van der Waals surface area contributed by atoms with E-state index in [0.717, 1.165) is 10.7 Å². The van der Waals surface area contributed by atoms with Crippen LogP contribution in [0.5, 0.6) is 0 Å². The Balaban J connectivity index is 2.25. The molecule has 2 rings (SSSR count). The maximum atomic E-state index is 11.7. The summed E-state index contributed by atoms with van der Waals surface area (Å²) in [6.07, 6.45) is 3.61. The molecule has 0 aliphatic rings. The van der Waals surface area contributed by atoms with Crippen LogP contribution >= 0.6 is 11.3 Å². The van der Waals surface area contributed by atoms with E-state index in [4.69, 9.17) is 0 Å². The van der Waals surface area contributed by atoms with Gasteiger partial charge in [-0.1, -0.05) is 0 Å². The molecule has 0 amide bonds. The predicted octanol–water partition coefficient (Wildman–Crippen LogP) is 1.48. The number of rotatable bonds is 3. The van der Waals surface area contributed by atoms with Crippen molar-refractivity contribution >= 4 is 11.3 Å². The van der Waals surface area contributed by atoms with Crippen LogP contribution in [0.15, 0.2) is 22.6 Å². The Kier molecular flexibility index (Phi) is 2.73. The molecule has 0 saturated heterocycles. The second-order valence-corrected chi connectivity index (χ2v) is 4.41. The van der Waals surface area contributed by atoms with Gasteiger partial charge in [-0.05, 0) is 13.8 Å². The Labute approximate surface area is 91.8 Å². The third-order valence-corrected chi connectivity index (χ3v) is 3.08. The van der Waals surface area contributed by atoms with Crippen molar-refractivity contribution in [2.45, 2.75) is 26.9 Å². The first-order valence-corrected chi connectivity index (χ1v) is 5.75. The minimum atomic E-state index is 0.0307. The van der Waals surface area contributed by atoms with E-state index >= 15 is 0 Å². The van der Waals surface area contributed by atoms with E-state index in [-0.39, 0.29) is 5.69 Å². The summed E-state index contributed by atoms with van der Waals surface area (Å²) in [5.41, 5.74) is 0.983. The standard InChI is InChI=1S/C10H13N3OS/c1-3-12-4-5-13(10(12)14)6-9-7-15-8(2)11-9/h4-5,7H,3,6H2,1-2H3. The van der Waals surface area contributed by atoms with Crippen molar-refractivity contribution < 1.29 is 0 Å². The van der Waals surface area contributed by atoms with E-state index in [2.05, 4.69) is 4.98 Å². The van der Waals surface area contributed by atoms with Crippen LogP contribution in [-0.4, -0.2) is 14.1 Å². The summed E-state index contributed by atoms with van der Waals surface area (Å²) in [5, 5.41) is 3.03. The monoisotopic (exact) mass is 223 g/mol. The topological polar surface area (TPSA) is 39.8 Å². The first kappa shape index (κ1) is 10.2. The average Bonchev–Trinajstić information content (AvgIpc) is 2.76. The maximum Gasteiger partial charge on any atom is 0.328 e. The Morgan fingerprint density at radius 1 is 1.40 bits per heavy atom. The molecular weight excluding hydrogens is 210 g/mol. The van der Waals surface area contributed by atoms with Crippen molar-refractivity contribution in [3.8, 4) is 0 Å². The van der Waals surface area contributed by atoms with E-state index in [1.165, 1.54) is 0 Å².